The number of aryl methyl sites for hydroxylation is 1. The van der Waals surface area contributed by atoms with Crippen molar-refractivity contribution in [1.82, 2.24) is 29.7 Å². The molecular weight excluding hydrogens is 605 g/mol. The van der Waals surface area contributed by atoms with E-state index < -0.39 is 7.92 Å². The third-order valence-electron chi connectivity index (χ3n) is 8.97. The lowest BCUT2D eigenvalue weighted by molar-refractivity contribution is -0.0207. The van der Waals surface area contributed by atoms with Gasteiger partial charge < -0.3 is 30.1 Å². The molecule has 2 aromatic heterocycles. The smallest absolute Gasteiger partial charge is 0.229 e. The maximum absolute atomic E-state index is 6.59. The van der Waals surface area contributed by atoms with Gasteiger partial charge in [0.2, 0.25) is 5.95 Å². The Kier molecular flexibility index (Phi) is 9.29. The van der Waals surface area contributed by atoms with Crippen molar-refractivity contribution in [2.24, 2.45) is 5.41 Å². The first-order chi connectivity index (χ1) is 21.6. The molecule has 2 aliphatic heterocycles. The molecule has 2 aliphatic rings. The molecule has 2 fully saturated rings. The van der Waals surface area contributed by atoms with E-state index in [4.69, 9.17) is 21.3 Å². The number of likely N-dealkylation sites (N-methyl/N-ethyl adjacent to an activating group) is 1. The highest BCUT2D eigenvalue weighted by atomic mass is 35.5. The van der Waals surface area contributed by atoms with Crippen molar-refractivity contribution in [1.29, 1.82) is 0 Å². The molecule has 0 aliphatic carbocycles. The summed E-state index contributed by atoms with van der Waals surface area (Å²) in [7, 11) is 5.51. The van der Waals surface area contributed by atoms with Crippen LogP contribution in [0.2, 0.25) is 5.02 Å². The van der Waals surface area contributed by atoms with E-state index >= 15 is 0 Å². The summed E-state index contributed by atoms with van der Waals surface area (Å²) in [6.07, 6.45) is 7.51. The van der Waals surface area contributed by atoms with Gasteiger partial charge in [-0.1, -0.05) is 19.5 Å². The molecule has 0 radical (unpaired) electrons. The number of hydrogen-bond acceptors (Lipinski definition) is 10. The molecule has 1 spiro atoms. The van der Waals surface area contributed by atoms with E-state index in [1.54, 1.807) is 25.7 Å². The monoisotopic (exact) mass is 647 g/mol. The van der Waals surface area contributed by atoms with E-state index in [-0.39, 0.29) is 0 Å². The Hall–Kier alpha value is -3.30. The lowest BCUT2D eigenvalue weighted by atomic mass is 9.72. The van der Waals surface area contributed by atoms with E-state index in [9.17, 15) is 0 Å². The molecule has 6 rings (SSSR count). The molecule has 2 saturated heterocycles. The quantitative estimate of drug-likeness (QED) is 0.209. The Morgan fingerprint density at radius 3 is 2.49 bits per heavy atom. The van der Waals surface area contributed by atoms with Crippen LogP contribution in [0.15, 0.2) is 42.9 Å². The number of halogens is 1. The number of fused-ring (bicyclic) bond motifs is 1. The Labute approximate surface area is 272 Å². The molecule has 0 atom stereocenters. The van der Waals surface area contributed by atoms with Crippen LogP contribution in [0, 0.1) is 12.3 Å². The van der Waals surface area contributed by atoms with Crippen molar-refractivity contribution < 1.29 is 4.74 Å². The van der Waals surface area contributed by atoms with Crippen molar-refractivity contribution in [2.45, 2.75) is 19.8 Å². The zero-order valence-corrected chi connectivity index (χ0v) is 28.7. The Balaban J connectivity index is 1.17. The average molecular weight is 648 g/mol. The van der Waals surface area contributed by atoms with Crippen LogP contribution in [0.1, 0.15) is 18.4 Å². The third-order valence-corrected chi connectivity index (χ3v) is 10.6. The van der Waals surface area contributed by atoms with Crippen LogP contribution in [-0.2, 0) is 0 Å². The molecule has 12 heteroatoms. The topological polar surface area (TPSA) is 94.6 Å². The maximum atomic E-state index is 6.59. The van der Waals surface area contributed by atoms with Gasteiger partial charge in [-0.3, -0.25) is 9.97 Å². The first-order valence-corrected chi connectivity index (χ1v) is 18.0. The van der Waals surface area contributed by atoms with Gasteiger partial charge in [-0.25, -0.2) is 4.98 Å². The second kappa shape index (κ2) is 13.2. The average Bonchev–Trinajstić information content (AvgIpc) is 3.00. The molecule has 0 saturated carbocycles. The first-order valence-electron chi connectivity index (χ1n) is 15.4. The highest BCUT2D eigenvalue weighted by Crippen LogP contribution is 2.43. The molecule has 0 bridgehead atoms. The van der Waals surface area contributed by atoms with Crippen molar-refractivity contribution in [3.63, 3.8) is 0 Å². The van der Waals surface area contributed by atoms with Gasteiger partial charge >= 0.3 is 0 Å². The summed E-state index contributed by atoms with van der Waals surface area (Å²) in [4.78, 5) is 25.7. The number of aromatic nitrogens is 4. The highest BCUT2D eigenvalue weighted by Gasteiger charge is 2.44. The highest BCUT2D eigenvalue weighted by molar-refractivity contribution is 7.65. The van der Waals surface area contributed by atoms with Crippen LogP contribution in [0.3, 0.4) is 0 Å². The van der Waals surface area contributed by atoms with Crippen molar-refractivity contribution in [3.8, 4) is 5.75 Å². The van der Waals surface area contributed by atoms with Crippen LogP contribution >= 0.6 is 19.5 Å². The zero-order valence-electron chi connectivity index (χ0n) is 27.1. The van der Waals surface area contributed by atoms with E-state index in [1.807, 2.05) is 12.1 Å². The Morgan fingerprint density at radius 1 is 1.02 bits per heavy atom. The summed E-state index contributed by atoms with van der Waals surface area (Å²) in [6.45, 7) is 13.4. The molecule has 0 amide bonds. The van der Waals surface area contributed by atoms with Gasteiger partial charge in [-0.05, 0) is 76.4 Å². The summed E-state index contributed by atoms with van der Waals surface area (Å²) in [6, 6.07) is 8.24. The molecule has 2 N–H and O–H groups in total. The zero-order chi connectivity index (χ0) is 31.7. The van der Waals surface area contributed by atoms with E-state index in [0.29, 0.717) is 22.2 Å². The fourth-order valence-electron chi connectivity index (χ4n) is 6.56. The molecular formula is C33H43ClN9OP. The molecule has 2 aromatic carbocycles. The van der Waals surface area contributed by atoms with Crippen molar-refractivity contribution in [2.75, 3.05) is 89.3 Å². The standard InChI is InChI=1S/C33H43ClN9OP/c1-22-17-26(28(44-4)18-27(22)43-13-9-33(10-14-43)20-42(21-33)16-15-41(2)3)39-32-37-19-23(34)31(40-32)38-25-8-7-24-29(30(25)45(5)6)36-12-11-35-24/h7-8,11-12,17-19H,9-10,13-16,20-21H2,1-6H3,(H2,37,38,39,40). The van der Waals surface area contributed by atoms with E-state index in [2.05, 4.69) is 86.8 Å². The second-order valence-corrected chi connectivity index (χ2v) is 15.4. The predicted octanol–water partition coefficient (Wildman–Crippen LogP) is 5.71. The summed E-state index contributed by atoms with van der Waals surface area (Å²) in [5.74, 6) is 1.69. The third kappa shape index (κ3) is 6.80. The number of anilines is 5. The number of benzene rings is 2. The van der Waals surface area contributed by atoms with Gasteiger partial charge in [0.05, 0.1) is 30.0 Å². The number of rotatable bonds is 10. The van der Waals surface area contributed by atoms with Gasteiger partial charge in [0.1, 0.15) is 10.8 Å². The number of nitrogens with zero attached hydrogens (tertiary/aromatic N) is 7. The van der Waals surface area contributed by atoms with Gasteiger partial charge in [0, 0.05) is 74.4 Å². The molecule has 0 unspecified atom stereocenters. The summed E-state index contributed by atoms with van der Waals surface area (Å²) >= 11 is 6.59. The van der Waals surface area contributed by atoms with Gasteiger partial charge in [-0.15, -0.1) is 0 Å². The largest absolute Gasteiger partial charge is 0.494 e. The van der Waals surface area contributed by atoms with Crippen LogP contribution in [0.25, 0.3) is 11.0 Å². The van der Waals surface area contributed by atoms with Gasteiger partial charge in [0.15, 0.2) is 5.82 Å². The number of hydrogen-bond donors (Lipinski definition) is 2. The molecule has 45 heavy (non-hydrogen) atoms. The normalized spacial score (nSPS) is 16.4. The predicted molar refractivity (Wildman–Crippen MR) is 188 cm³/mol. The van der Waals surface area contributed by atoms with Crippen LogP contribution < -0.4 is 25.6 Å². The fraction of sp³-hybridized carbons (Fsp3) is 0.455. The molecule has 238 valence electrons. The molecule has 10 nitrogen and oxygen atoms in total. The fourth-order valence-corrected chi connectivity index (χ4v) is 7.91. The maximum Gasteiger partial charge on any atom is 0.229 e. The second-order valence-electron chi connectivity index (χ2n) is 12.8. The Bertz CT molecular complexity index is 1670. The number of piperidine rings is 1. The summed E-state index contributed by atoms with van der Waals surface area (Å²) in [5.41, 5.74) is 6.36. The number of likely N-dealkylation sites (tertiary alicyclic amines) is 1. The molecule has 4 aromatic rings. The molecule has 4 heterocycles. The van der Waals surface area contributed by atoms with E-state index in [0.717, 1.165) is 59.6 Å². The lowest BCUT2D eigenvalue weighted by Crippen LogP contribution is -2.61. The van der Waals surface area contributed by atoms with Crippen molar-refractivity contribution in [3.05, 3.63) is 53.4 Å². The SMILES string of the molecule is COc1cc(N2CCC3(CC2)CN(CCN(C)C)C3)c(C)cc1Nc1ncc(Cl)c(Nc2ccc3nccnc3c2P(C)C)n1. The minimum absolute atomic E-state index is 0.425. The minimum atomic E-state index is -0.489. The van der Waals surface area contributed by atoms with Crippen molar-refractivity contribution >= 4 is 64.7 Å². The number of nitrogens with one attached hydrogen (secondary N) is 2. The number of ether oxygens (including phenoxy) is 1. The van der Waals surface area contributed by atoms with Crippen LogP contribution in [-0.4, -0.2) is 104 Å². The van der Waals surface area contributed by atoms with Gasteiger partial charge in [-0.2, -0.15) is 4.98 Å². The van der Waals surface area contributed by atoms with Crippen LogP contribution in [0.4, 0.5) is 28.8 Å². The first kappa shape index (κ1) is 31.7. The summed E-state index contributed by atoms with van der Waals surface area (Å²) < 4.78 is 5.86. The van der Waals surface area contributed by atoms with Crippen LogP contribution in [0.5, 0.6) is 5.75 Å². The lowest BCUT2D eigenvalue weighted by Gasteiger charge is -2.54. The Morgan fingerprint density at radius 2 is 1.78 bits per heavy atom. The van der Waals surface area contributed by atoms with Gasteiger partial charge in [0.25, 0.3) is 0 Å². The van der Waals surface area contributed by atoms with E-state index in [1.165, 1.54) is 37.2 Å². The number of methoxy groups -OCH3 is 1. The summed E-state index contributed by atoms with van der Waals surface area (Å²) in [5, 5.41) is 8.37. The minimum Gasteiger partial charge on any atom is -0.494 e.